The molecular weight excluding hydrogens is 529 g/mol. The molecule has 0 saturated carbocycles. The number of likely N-dealkylation sites (tertiary alicyclic amines) is 1. The number of halogens is 2. The zero-order chi connectivity index (χ0) is 27.0. The summed E-state index contributed by atoms with van der Waals surface area (Å²) in [4.78, 5) is 2.21. The lowest BCUT2D eigenvalue weighted by Crippen LogP contribution is -2.49. The van der Waals surface area contributed by atoms with Crippen LogP contribution in [0.5, 0.6) is 17.2 Å². The zero-order valence-corrected chi connectivity index (χ0v) is 22.7. The summed E-state index contributed by atoms with van der Waals surface area (Å²) in [6.45, 7) is 4.44. The number of benzene rings is 3. The van der Waals surface area contributed by atoms with E-state index in [4.69, 9.17) is 21.1 Å². The predicted octanol–water partition coefficient (Wildman–Crippen LogP) is 5.79. The van der Waals surface area contributed by atoms with Crippen LogP contribution < -0.4 is 9.47 Å². The molecule has 2 aliphatic rings. The maximum absolute atomic E-state index is 12.6. The molecule has 5 rings (SSSR count). The molecule has 38 heavy (non-hydrogen) atoms. The summed E-state index contributed by atoms with van der Waals surface area (Å²) in [6, 6.07) is 17.4. The number of hydrogen-bond donors (Lipinski definition) is 1. The van der Waals surface area contributed by atoms with Crippen molar-refractivity contribution in [3.63, 3.8) is 0 Å². The molecule has 0 aromatic heterocycles. The fraction of sp³-hybridized carbons (Fsp3) is 0.310. The van der Waals surface area contributed by atoms with Crippen LogP contribution in [0, 0.1) is 5.92 Å². The van der Waals surface area contributed by atoms with E-state index in [1.165, 1.54) is 6.07 Å². The number of phenolic OH excluding ortho intramolecular Hbond substituents is 1. The lowest BCUT2D eigenvalue weighted by Gasteiger charge is -2.37. The quantitative estimate of drug-likeness (QED) is 0.378. The van der Waals surface area contributed by atoms with Crippen LogP contribution in [-0.2, 0) is 9.84 Å². The SMILES string of the molecule is CC1=C(c2cccc(S(C)(=O)=O)c2Cl)[C@@H](c2ccc(OCCN3CC(CF)C3)cc2)Oc2ccc(O)cc21. The van der Waals surface area contributed by atoms with Gasteiger partial charge in [-0.2, -0.15) is 0 Å². The third-order valence-corrected chi connectivity index (χ3v) is 8.70. The van der Waals surface area contributed by atoms with Crippen LogP contribution in [0.3, 0.4) is 0 Å². The van der Waals surface area contributed by atoms with E-state index in [-0.39, 0.29) is 28.3 Å². The average molecular weight is 558 g/mol. The highest BCUT2D eigenvalue weighted by Gasteiger charge is 2.32. The van der Waals surface area contributed by atoms with Gasteiger partial charge in [0.05, 0.1) is 16.6 Å². The molecule has 0 bridgehead atoms. The Morgan fingerprint density at radius 3 is 2.53 bits per heavy atom. The number of sulfone groups is 1. The van der Waals surface area contributed by atoms with Crippen molar-refractivity contribution in [1.29, 1.82) is 0 Å². The van der Waals surface area contributed by atoms with Crippen LogP contribution in [0.4, 0.5) is 4.39 Å². The Morgan fingerprint density at radius 1 is 1.11 bits per heavy atom. The van der Waals surface area contributed by atoms with E-state index in [0.717, 1.165) is 37.0 Å². The molecule has 3 aromatic carbocycles. The molecular formula is C29H29ClFNO5S. The molecule has 0 amide bonds. The number of aromatic hydroxyl groups is 1. The van der Waals surface area contributed by atoms with Crippen molar-refractivity contribution >= 4 is 32.6 Å². The molecule has 0 unspecified atom stereocenters. The third kappa shape index (κ3) is 5.25. The number of allylic oxidation sites excluding steroid dienone is 1. The van der Waals surface area contributed by atoms with Gasteiger partial charge in [0.15, 0.2) is 9.84 Å². The minimum Gasteiger partial charge on any atom is -0.508 e. The number of fused-ring (bicyclic) bond motifs is 1. The van der Waals surface area contributed by atoms with Gasteiger partial charge in [0.2, 0.25) is 0 Å². The third-order valence-electron chi connectivity index (χ3n) is 7.04. The molecule has 3 aromatic rings. The molecule has 9 heteroatoms. The predicted molar refractivity (Wildman–Crippen MR) is 146 cm³/mol. The Bertz CT molecular complexity index is 1480. The number of ether oxygens (including phenoxy) is 2. The van der Waals surface area contributed by atoms with E-state index < -0.39 is 15.9 Å². The van der Waals surface area contributed by atoms with Crippen LogP contribution in [0.25, 0.3) is 11.1 Å². The number of phenols is 1. The molecule has 1 atom stereocenters. The van der Waals surface area contributed by atoms with Gasteiger partial charge in [-0.3, -0.25) is 9.29 Å². The van der Waals surface area contributed by atoms with Crippen LogP contribution in [-0.4, -0.2) is 57.6 Å². The van der Waals surface area contributed by atoms with Gasteiger partial charge in [-0.05, 0) is 54.5 Å². The van der Waals surface area contributed by atoms with E-state index in [1.807, 2.05) is 31.2 Å². The molecule has 0 aliphatic carbocycles. The van der Waals surface area contributed by atoms with Gasteiger partial charge in [0, 0.05) is 48.5 Å². The van der Waals surface area contributed by atoms with Gasteiger partial charge in [-0.25, -0.2) is 8.42 Å². The second-order valence-electron chi connectivity index (χ2n) is 9.80. The van der Waals surface area contributed by atoms with Gasteiger partial charge in [0.25, 0.3) is 0 Å². The summed E-state index contributed by atoms with van der Waals surface area (Å²) in [6.07, 6.45) is 0.550. The van der Waals surface area contributed by atoms with E-state index in [2.05, 4.69) is 4.90 Å². The average Bonchev–Trinajstić information content (AvgIpc) is 2.86. The van der Waals surface area contributed by atoms with Gasteiger partial charge in [-0.15, -0.1) is 0 Å². The second kappa shape index (κ2) is 10.6. The summed E-state index contributed by atoms with van der Waals surface area (Å²) in [7, 11) is -3.56. The second-order valence-corrected chi connectivity index (χ2v) is 12.2. The van der Waals surface area contributed by atoms with Crippen molar-refractivity contribution in [3.05, 3.63) is 82.4 Å². The first-order valence-electron chi connectivity index (χ1n) is 12.4. The fourth-order valence-electron chi connectivity index (χ4n) is 5.01. The minimum atomic E-state index is -3.56. The summed E-state index contributed by atoms with van der Waals surface area (Å²) in [5.74, 6) is 1.55. The highest BCUT2D eigenvalue weighted by atomic mass is 35.5. The van der Waals surface area contributed by atoms with Crippen molar-refractivity contribution < 1.29 is 27.4 Å². The van der Waals surface area contributed by atoms with Crippen molar-refractivity contribution in [3.8, 4) is 17.2 Å². The first-order chi connectivity index (χ1) is 18.2. The molecule has 2 heterocycles. The highest BCUT2D eigenvalue weighted by molar-refractivity contribution is 7.90. The molecule has 0 spiro atoms. The molecule has 6 nitrogen and oxygen atoms in total. The maximum atomic E-state index is 12.6. The molecule has 1 N–H and O–H groups in total. The van der Waals surface area contributed by atoms with Gasteiger partial charge in [0.1, 0.15) is 30.0 Å². The fourth-order valence-corrected chi connectivity index (χ4v) is 6.42. The zero-order valence-electron chi connectivity index (χ0n) is 21.2. The Kier molecular flexibility index (Phi) is 7.40. The number of rotatable bonds is 8. The van der Waals surface area contributed by atoms with Crippen molar-refractivity contribution in [1.82, 2.24) is 4.90 Å². The Hall–Kier alpha value is -3.07. The minimum absolute atomic E-state index is 0.0428. The van der Waals surface area contributed by atoms with E-state index in [1.54, 1.807) is 30.3 Å². The van der Waals surface area contributed by atoms with Crippen LogP contribution in [0.15, 0.2) is 65.6 Å². The van der Waals surface area contributed by atoms with E-state index in [9.17, 15) is 17.9 Å². The molecule has 0 radical (unpaired) electrons. The van der Waals surface area contributed by atoms with E-state index in [0.29, 0.717) is 34.8 Å². The lowest BCUT2D eigenvalue weighted by molar-refractivity contribution is 0.0668. The Balaban J connectivity index is 1.46. The monoisotopic (exact) mass is 557 g/mol. The standard InChI is InChI=1S/C29H29ClFNO5S/c1-18-24-14-21(33)8-11-25(24)37-29(27(18)23-4-3-5-26(28(23)30)38(2,34)35)20-6-9-22(10-7-20)36-13-12-32-16-19(15-31)17-32/h3-11,14,19,29,33H,12-13,15-17H2,1-2H3/t29-/m1/s1. The maximum Gasteiger partial charge on any atom is 0.177 e. The number of hydrogen-bond acceptors (Lipinski definition) is 6. The first-order valence-corrected chi connectivity index (χ1v) is 14.6. The summed E-state index contributed by atoms with van der Waals surface area (Å²) >= 11 is 6.68. The summed E-state index contributed by atoms with van der Waals surface area (Å²) in [5, 5.41) is 10.2. The normalized spacial score (nSPS) is 18.1. The molecule has 1 saturated heterocycles. The van der Waals surface area contributed by atoms with Crippen molar-refractivity contribution in [2.24, 2.45) is 5.92 Å². The molecule has 1 fully saturated rings. The first kappa shape index (κ1) is 26.5. The molecule has 200 valence electrons. The Labute approximate surface area is 227 Å². The van der Waals surface area contributed by atoms with Crippen molar-refractivity contribution in [2.75, 3.05) is 39.2 Å². The van der Waals surface area contributed by atoms with Gasteiger partial charge < -0.3 is 14.6 Å². The van der Waals surface area contributed by atoms with Crippen LogP contribution >= 0.6 is 11.6 Å². The van der Waals surface area contributed by atoms with E-state index >= 15 is 0 Å². The number of alkyl halides is 1. The van der Waals surface area contributed by atoms with Gasteiger partial charge in [-0.1, -0.05) is 35.9 Å². The largest absolute Gasteiger partial charge is 0.508 e. The van der Waals surface area contributed by atoms with Crippen LogP contribution in [0.1, 0.15) is 29.7 Å². The molecule has 2 aliphatic heterocycles. The van der Waals surface area contributed by atoms with Crippen LogP contribution in [0.2, 0.25) is 5.02 Å². The van der Waals surface area contributed by atoms with Gasteiger partial charge >= 0.3 is 0 Å². The highest BCUT2D eigenvalue weighted by Crippen LogP contribution is 2.49. The smallest absolute Gasteiger partial charge is 0.177 e. The number of nitrogens with zero attached hydrogens (tertiary/aromatic N) is 1. The topological polar surface area (TPSA) is 76.1 Å². The lowest BCUT2D eigenvalue weighted by atomic mass is 9.86. The van der Waals surface area contributed by atoms with Crippen molar-refractivity contribution in [2.45, 2.75) is 17.9 Å². The summed E-state index contributed by atoms with van der Waals surface area (Å²) < 4.78 is 49.7. The Morgan fingerprint density at radius 2 is 1.84 bits per heavy atom. The summed E-state index contributed by atoms with van der Waals surface area (Å²) in [5.41, 5.74) is 3.62.